The molecule has 2 aliphatic heterocycles. The number of amides is 1. The predicted octanol–water partition coefficient (Wildman–Crippen LogP) is 11.0. The summed E-state index contributed by atoms with van der Waals surface area (Å²) >= 11 is 0. The average Bonchev–Trinajstić information content (AvgIpc) is 3.42. The summed E-state index contributed by atoms with van der Waals surface area (Å²) in [7, 11) is 0. The molecule has 2 heterocycles. The molecular formula is C62H115NO13. The van der Waals surface area contributed by atoms with Crippen LogP contribution in [0.1, 0.15) is 258 Å². The molecule has 2 fully saturated rings. The van der Waals surface area contributed by atoms with Gasteiger partial charge in [0.1, 0.15) is 48.8 Å². The minimum absolute atomic E-state index is 0.246. The number of ether oxygens (including phenoxy) is 4. The van der Waals surface area contributed by atoms with E-state index in [-0.39, 0.29) is 18.9 Å². The summed E-state index contributed by atoms with van der Waals surface area (Å²) in [6.07, 6.45) is 41.8. The molecule has 0 saturated carbocycles. The second-order valence-electron chi connectivity index (χ2n) is 22.2. The van der Waals surface area contributed by atoms with Crippen LogP contribution < -0.4 is 5.32 Å². The van der Waals surface area contributed by atoms with Crippen molar-refractivity contribution in [3.05, 3.63) is 36.5 Å². The fourth-order valence-corrected chi connectivity index (χ4v) is 10.3. The summed E-state index contributed by atoms with van der Waals surface area (Å²) in [6.45, 7) is 2.79. The molecule has 2 rings (SSSR count). The lowest BCUT2D eigenvalue weighted by atomic mass is 9.97. The van der Waals surface area contributed by atoms with Gasteiger partial charge < -0.3 is 65.1 Å². The van der Waals surface area contributed by atoms with Gasteiger partial charge in [0.25, 0.3) is 0 Å². The quantitative estimate of drug-likeness (QED) is 0.0204. The molecule has 14 heteroatoms. The lowest BCUT2D eigenvalue weighted by molar-refractivity contribution is -0.359. The van der Waals surface area contributed by atoms with Crippen LogP contribution in [0, 0.1) is 0 Å². The first-order valence-corrected chi connectivity index (χ1v) is 31.2. The molecule has 0 aliphatic carbocycles. The molecule has 12 unspecified atom stereocenters. The van der Waals surface area contributed by atoms with E-state index >= 15 is 0 Å². The van der Waals surface area contributed by atoms with Crippen molar-refractivity contribution in [1.82, 2.24) is 5.32 Å². The van der Waals surface area contributed by atoms with E-state index in [9.17, 15) is 45.6 Å². The van der Waals surface area contributed by atoms with Crippen molar-refractivity contribution in [1.29, 1.82) is 0 Å². The Morgan fingerprint density at radius 1 is 0.474 bits per heavy atom. The molecule has 14 nitrogen and oxygen atoms in total. The predicted molar refractivity (Wildman–Crippen MR) is 305 cm³/mol. The van der Waals surface area contributed by atoms with E-state index in [0.29, 0.717) is 6.42 Å². The molecule has 9 N–H and O–H groups in total. The third-order valence-electron chi connectivity index (χ3n) is 15.3. The van der Waals surface area contributed by atoms with Gasteiger partial charge in [-0.05, 0) is 51.4 Å². The molecule has 2 aliphatic rings. The molecule has 0 spiro atoms. The van der Waals surface area contributed by atoms with Crippen LogP contribution in [0.15, 0.2) is 36.5 Å². The molecule has 12 atom stereocenters. The number of aliphatic hydroxyl groups is 8. The molecule has 1 amide bonds. The fraction of sp³-hybridized carbons (Fsp3) is 0.887. The molecule has 0 aromatic carbocycles. The number of rotatable bonds is 50. The highest BCUT2D eigenvalue weighted by Gasteiger charge is 2.51. The van der Waals surface area contributed by atoms with E-state index in [1.54, 1.807) is 6.08 Å². The first-order chi connectivity index (χ1) is 37.1. The van der Waals surface area contributed by atoms with E-state index in [1.165, 1.54) is 173 Å². The number of allylic oxidation sites excluding steroid dienone is 5. The number of hydrogen-bond donors (Lipinski definition) is 9. The van der Waals surface area contributed by atoms with Crippen LogP contribution in [0.25, 0.3) is 0 Å². The highest BCUT2D eigenvalue weighted by atomic mass is 16.7. The highest BCUT2D eigenvalue weighted by molar-refractivity contribution is 5.76. The average molecular weight is 1080 g/mol. The van der Waals surface area contributed by atoms with Crippen molar-refractivity contribution < 1.29 is 64.6 Å². The molecule has 446 valence electrons. The Labute approximate surface area is 461 Å². The summed E-state index contributed by atoms with van der Waals surface area (Å²) in [5.41, 5.74) is 0. The molecule has 0 bridgehead atoms. The van der Waals surface area contributed by atoms with Crippen molar-refractivity contribution in [2.75, 3.05) is 19.8 Å². The fourth-order valence-electron chi connectivity index (χ4n) is 10.3. The smallest absolute Gasteiger partial charge is 0.220 e. The normalized spacial score (nSPS) is 25.1. The van der Waals surface area contributed by atoms with Crippen LogP contribution in [-0.2, 0) is 23.7 Å². The van der Waals surface area contributed by atoms with E-state index in [4.69, 9.17) is 18.9 Å². The Bertz CT molecular complexity index is 1410. The summed E-state index contributed by atoms with van der Waals surface area (Å²) in [5, 5.41) is 87.2. The molecule has 0 aromatic heterocycles. The summed E-state index contributed by atoms with van der Waals surface area (Å²) < 4.78 is 22.8. The van der Waals surface area contributed by atoms with Crippen molar-refractivity contribution in [3.8, 4) is 0 Å². The number of nitrogens with one attached hydrogen (secondary N) is 1. The monoisotopic (exact) mass is 1080 g/mol. The van der Waals surface area contributed by atoms with E-state index in [2.05, 4.69) is 43.5 Å². The van der Waals surface area contributed by atoms with Crippen LogP contribution in [-0.4, -0.2) is 140 Å². The maximum atomic E-state index is 13.3. The van der Waals surface area contributed by atoms with Gasteiger partial charge in [-0.2, -0.15) is 0 Å². The van der Waals surface area contributed by atoms with Crippen LogP contribution in [0.4, 0.5) is 0 Å². The Morgan fingerprint density at radius 2 is 0.868 bits per heavy atom. The van der Waals surface area contributed by atoms with Gasteiger partial charge in [-0.25, -0.2) is 0 Å². The first kappa shape index (κ1) is 70.3. The largest absolute Gasteiger partial charge is 0.394 e. The summed E-state index contributed by atoms with van der Waals surface area (Å²) in [6, 6.07) is -0.919. The standard InChI is InChI=1S/C62H115NO13/c1-3-5-7-9-11-13-15-17-19-21-22-23-24-25-26-27-28-30-31-33-35-37-39-41-43-45-51(66)50(63-54(67)46-44-42-40-38-36-34-32-29-20-18-16-14-12-10-8-6-4-2)49-73-61-59(72)57(70)60(53(48-65)75-61)76-62-58(71)56(69)55(68)52(47-64)74-62/h12,14,18,20,43,45,50-53,55-62,64-66,68-72H,3-11,13,15-17,19,21-42,44,46-49H2,1-2H3,(H,63,67)/b14-12-,20-18-,45-43+. The second-order valence-corrected chi connectivity index (χ2v) is 22.2. The Morgan fingerprint density at radius 3 is 1.34 bits per heavy atom. The second kappa shape index (κ2) is 48.0. The van der Waals surface area contributed by atoms with Crippen LogP contribution in [0.3, 0.4) is 0 Å². The van der Waals surface area contributed by atoms with Crippen LogP contribution in [0.5, 0.6) is 0 Å². The Kier molecular flexibility index (Phi) is 44.4. The minimum atomic E-state index is -1.79. The lowest BCUT2D eigenvalue weighted by Gasteiger charge is -2.46. The number of carbonyl (C=O) groups excluding carboxylic acids is 1. The van der Waals surface area contributed by atoms with Gasteiger partial charge in [0.05, 0.1) is 32.0 Å². The van der Waals surface area contributed by atoms with Crippen molar-refractivity contribution in [2.24, 2.45) is 0 Å². The topological polar surface area (TPSA) is 228 Å². The first-order valence-electron chi connectivity index (χ1n) is 31.2. The number of carbonyl (C=O) groups is 1. The molecule has 2 saturated heterocycles. The van der Waals surface area contributed by atoms with Crippen LogP contribution >= 0.6 is 0 Å². The van der Waals surface area contributed by atoms with Gasteiger partial charge in [0, 0.05) is 6.42 Å². The maximum absolute atomic E-state index is 13.3. The van der Waals surface area contributed by atoms with Crippen LogP contribution in [0.2, 0.25) is 0 Å². The lowest BCUT2D eigenvalue weighted by Crippen LogP contribution is -2.65. The van der Waals surface area contributed by atoms with Crippen molar-refractivity contribution in [3.63, 3.8) is 0 Å². The molecule has 0 aromatic rings. The van der Waals surface area contributed by atoms with Gasteiger partial charge in [0.15, 0.2) is 12.6 Å². The van der Waals surface area contributed by atoms with E-state index < -0.39 is 86.8 Å². The molecule has 76 heavy (non-hydrogen) atoms. The van der Waals surface area contributed by atoms with Gasteiger partial charge in [-0.15, -0.1) is 0 Å². The third-order valence-corrected chi connectivity index (χ3v) is 15.3. The maximum Gasteiger partial charge on any atom is 0.220 e. The van der Waals surface area contributed by atoms with E-state index in [0.717, 1.165) is 57.8 Å². The molecular weight excluding hydrogens is 967 g/mol. The summed E-state index contributed by atoms with van der Waals surface area (Å²) in [5.74, 6) is -0.246. The zero-order chi connectivity index (χ0) is 55.3. The number of aliphatic hydroxyl groups excluding tert-OH is 8. The van der Waals surface area contributed by atoms with Crippen molar-refractivity contribution >= 4 is 5.91 Å². The van der Waals surface area contributed by atoms with Gasteiger partial charge >= 0.3 is 0 Å². The Hall–Kier alpha value is -1.79. The zero-order valence-corrected chi connectivity index (χ0v) is 48.0. The van der Waals surface area contributed by atoms with Crippen molar-refractivity contribution in [2.45, 2.75) is 331 Å². The number of unbranched alkanes of at least 4 members (excludes halogenated alkanes) is 33. The van der Waals surface area contributed by atoms with Gasteiger partial charge in [-0.1, -0.05) is 237 Å². The Balaban J connectivity index is 1.74. The zero-order valence-electron chi connectivity index (χ0n) is 48.0. The highest BCUT2D eigenvalue weighted by Crippen LogP contribution is 2.30. The van der Waals surface area contributed by atoms with E-state index in [1.807, 2.05) is 6.08 Å². The third kappa shape index (κ3) is 33.1. The SMILES string of the molecule is CCCCC/C=C\C/C=C\CCCCCCCCCC(=O)NC(COC1OC(CO)C(OC2OC(CO)C(O)C(O)C2O)C(O)C1O)C(O)/C=C/CCCCCCCCCCCCCCCCCCCCCCCCC. The van der Waals surface area contributed by atoms with Gasteiger partial charge in [0.2, 0.25) is 5.91 Å². The van der Waals surface area contributed by atoms with Gasteiger partial charge in [-0.3, -0.25) is 4.79 Å². The minimum Gasteiger partial charge on any atom is -0.394 e. The molecule has 0 radical (unpaired) electrons. The summed E-state index contributed by atoms with van der Waals surface area (Å²) in [4.78, 5) is 13.3. The number of hydrogen-bond acceptors (Lipinski definition) is 13.